The molecule has 1 N–H and O–H groups in total. The number of carbonyl (C=O) groups is 3. The lowest BCUT2D eigenvalue weighted by atomic mass is 10.1. The van der Waals surface area contributed by atoms with Gasteiger partial charge < -0.3 is 19.2 Å². The van der Waals surface area contributed by atoms with Crippen LogP contribution >= 0.6 is 0 Å². The fourth-order valence-corrected chi connectivity index (χ4v) is 1.98. The Kier molecular flexibility index (Phi) is 6.34. The Morgan fingerprint density at radius 3 is 2.29 bits per heavy atom. The van der Waals surface area contributed by atoms with Crippen LogP contribution in [-0.4, -0.2) is 42.2 Å². The van der Waals surface area contributed by atoms with E-state index in [1.165, 1.54) is 19.3 Å². The van der Waals surface area contributed by atoms with Crippen LogP contribution in [0.25, 0.3) is 6.08 Å². The molecule has 0 aliphatic carbocycles. The summed E-state index contributed by atoms with van der Waals surface area (Å²) in [6.45, 7) is 8.75. The normalized spacial score (nSPS) is 11.4. The van der Waals surface area contributed by atoms with Crippen LogP contribution in [0.1, 0.15) is 59.8 Å². The number of hydrogen-bond donors (Lipinski definition) is 1. The second-order valence-electron chi connectivity index (χ2n) is 5.99. The largest absolute Gasteiger partial charge is 0.465 e. The maximum Gasteiger partial charge on any atom is 0.355 e. The minimum atomic E-state index is -0.680. The van der Waals surface area contributed by atoms with Gasteiger partial charge in [0, 0.05) is 6.08 Å². The molecule has 24 heavy (non-hydrogen) atoms. The molecule has 1 rings (SSSR count). The molecule has 1 aromatic heterocycles. The second kappa shape index (κ2) is 7.81. The van der Waals surface area contributed by atoms with Crippen molar-refractivity contribution in [3.63, 3.8) is 0 Å². The van der Waals surface area contributed by atoms with E-state index in [0.717, 1.165) is 0 Å². The third-order valence-corrected chi connectivity index (χ3v) is 2.94. The van der Waals surface area contributed by atoms with Crippen molar-refractivity contribution in [1.29, 1.82) is 0 Å². The number of esters is 3. The lowest BCUT2D eigenvalue weighted by Gasteiger charge is -2.19. The molecule has 7 nitrogen and oxygen atoms in total. The van der Waals surface area contributed by atoms with Gasteiger partial charge in [0.25, 0.3) is 0 Å². The molecule has 1 heterocycles. The van der Waals surface area contributed by atoms with Crippen molar-refractivity contribution >= 4 is 24.0 Å². The van der Waals surface area contributed by atoms with E-state index < -0.39 is 23.5 Å². The van der Waals surface area contributed by atoms with Gasteiger partial charge in [0.2, 0.25) is 0 Å². The molecule has 0 unspecified atom stereocenters. The zero-order chi connectivity index (χ0) is 18.5. The summed E-state index contributed by atoms with van der Waals surface area (Å²) in [5.74, 6) is -1.78. The Labute approximate surface area is 141 Å². The van der Waals surface area contributed by atoms with Gasteiger partial charge in [-0.2, -0.15) is 0 Å². The quantitative estimate of drug-likeness (QED) is 0.504. The van der Waals surface area contributed by atoms with Crippen LogP contribution in [0.2, 0.25) is 0 Å². The number of methoxy groups -OCH3 is 1. The van der Waals surface area contributed by atoms with Crippen molar-refractivity contribution in [2.45, 2.75) is 40.2 Å². The highest BCUT2D eigenvalue weighted by Gasteiger charge is 2.27. The van der Waals surface area contributed by atoms with E-state index in [2.05, 4.69) is 4.98 Å². The van der Waals surface area contributed by atoms with Crippen molar-refractivity contribution in [3.05, 3.63) is 28.6 Å². The zero-order valence-electron chi connectivity index (χ0n) is 14.8. The summed E-state index contributed by atoms with van der Waals surface area (Å²) >= 11 is 0. The number of H-pyrrole nitrogens is 1. The number of ether oxygens (including phenoxy) is 3. The van der Waals surface area contributed by atoms with Crippen LogP contribution in [0, 0.1) is 6.92 Å². The first-order valence-electron chi connectivity index (χ1n) is 7.49. The molecule has 7 heteroatoms. The summed E-state index contributed by atoms with van der Waals surface area (Å²) in [6, 6.07) is 0. The molecule has 0 saturated heterocycles. The molecular formula is C17H23NO6. The molecule has 132 valence electrons. The molecular weight excluding hydrogens is 314 g/mol. The maximum atomic E-state index is 12.3. The summed E-state index contributed by atoms with van der Waals surface area (Å²) in [6.07, 6.45) is 2.53. The summed E-state index contributed by atoms with van der Waals surface area (Å²) < 4.78 is 14.9. The van der Waals surface area contributed by atoms with Crippen LogP contribution in [0.4, 0.5) is 0 Å². The second-order valence-corrected chi connectivity index (χ2v) is 5.99. The van der Waals surface area contributed by atoms with E-state index in [9.17, 15) is 14.4 Å². The van der Waals surface area contributed by atoms with Gasteiger partial charge >= 0.3 is 17.9 Å². The Morgan fingerprint density at radius 2 is 1.79 bits per heavy atom. The zero-order valence-corrected chi connectivity index (χ0v) is 14.8. The summed E-state index contributed by atoms with van der Waals surface area (Å²) in [5, 5.41) is 0. The molecule has 0 amide bonds. The van der Waals surface area contributed by atoms with Gasteiger partial charge in [-0.05, 0) is 46.3 Å². The minimum Gasteiger partial charge on any atom is -0.465 e. The van der Waals surface area contributed by atoms with Crippen LogP contribution in [0.5, 0.6) is 0 Å². The standard InChI is InChI=1S/C17H23NO6/c1-7-23-12(19)9-8-11-13(15(20)22-6)10(2)14(18-11)16(21)24-17(3,4)5/h8-9,18H,7H2,1-6H3/b9-8+. The molecule has 1 aromatic rings. The minimum absolute atomic E-state index is 0.133. The molecule has 0 bridgehead atoms. The lowest BCUT2D eigenvalue weighted by molar-refractivity contribution is -0.137. The first-order valence-corrected chi connectivity index (χ1v) is 7.49. The van der Waals surface area contributed by atoms with Gasteiger partial charge in [0.1, 0.15) is 11.3 Å². The van der Waals surface area contributed by atoms with E-state index in [1.807, 2.05) is 0 Å². The predicted octanol–water partition coefficient (Wildman–Crippen LogP) is 2.64. The summed E-state index contributed by atoms with van der Waals surface area (Å²) in [4.78, 5) is 38.5. The molecule has 0 saturated carbocycles. The highest BCUT2D eigenvalue weighted by molar-refractivity contribution is 6.01. The van der Waals surface area contributed by atoms with E-state index in [4.69, 9.17) is 14.2 Å². The van der Waals surface area contributed by atoms with Crippen molar-refractivity contribution in [1.82, 2.24) is 4.98 Å². The fourth-order valence-electron chi connectivity index (χ4n) is 1.98. The van der Waals surface area contributed by atoms with E-state index in [0.29, 0.717) is 5.56 Å². The number of carbonyl (C=O) groups excluding carboxylic acids is 3. The van der Waals surface area contributed by atoms with Gasteiger partial charge in [-0.1, -0.05) is 0 Å². The van der Waals surface area contributed by atoms with Crippen LogP contribution in [0.15, 0.2) is 6.08 Å². The molecule has 0 aliphatic rings. The van der Waals surface area contributed by atoms with Crippen molar-refractivity contribution in [2.24, 2.45) is 0 Å². The molecule has 0 aliphatic heterocycles. The fraction of sp³-hybridized carbons (Fsp3) is 0.471. The number of nitrogens with one attached hydrogen (secondary N) is 1. The average molecular weight is 337 g/mol. The Morgan fingerprint density at radius 1 is 1.17 bits per heavy atom. The molecule has 0 spiro atoms. The molecule has 0 fully saturated rings. The molecule has 0 atom stereocenters. The third-order valence-electron chi connectivity index (χ3n) is 2.94. The Bertz CT molecular complexity index is 663. The van der Waals surface area contributed by atoms with Crippen molar-refractivity contribution in [2.75, 3.05) is 13.7 Å². The summed E-state index contributed by atoms with van der Waals surface area (Å²) in [7, 11) is 1.24. The van der Waals surface area contributed by atoms with Gasteiger partial charge in [-0.25, -0.2) is 14.4 Å². The molecule has 0 radical (unpaired) electrons. The smallest absolute Gasteiger partial charge is 0.355 e. The first-order chi connectivity index (χ1) is 11.1. The van der Waals surface area contributed by atoms with Crippen molar-refractivity contribution in [3.8, 4) is 0 Å². The number of aromatic nitrogens is 1. The number of aromatic amines is 1. The predicted molar refractivity (Wildman–Crippen MR) is 87.7 cm³/mol. The molecule has 0 aromatic carbocycles. The van der Waals surface area contributed by atoms with Gasteiger partial charge in [-0.3, -0.25) is 0 Å². The van der Waals surface area contributed by atoms with Gasteiger partial charge in [0.15, 0.2) is 0 Å². The van der Waals surface area contributed by atoms with Gasteiger partial charge in [0.05, 0.1) is 25.0 Å². The Hall–Kier alpha value is -2.57. The van der Waals surface area contributed by atoms with E-state index in [1.54, 1.807) is 34.6 Å². The number of hydrogen-bond acceptors (Lipinski definition) is 6. The Balaban J connectivity index is 3.28. The third kappa shape index (κ3) is 4.97. The highest BCUT2D eigenvalue weighted by Crippen LogP contribution is 2.23. The average Bonchev–Trinajstić information content (AvgIpc) is 2.80. The first kappa shape index (κ1) is 19.5. The van der Waals surface area contributed by atoms with Crippen LogP contribution < -0.4 is 0 Å². The lowest BCUT2D eigenvalue weighted by Crippen LogP contribution is -2.24. The van der Waals surface area contributed by atoms with E-state index >= 15 is 0 Å². The van der Waals surface area contributed by atoms with Crippen LogP contribution in [-0.2, 0) is 19.0 Å². The summed E-state index contributed by atoms with van der Waals surface area (Å²) in [5.41, 5.74) is 0.279. The van der Waals surface area contributed by atoms with Crippen molar-refractivity contribution < 1.29 is 28.6 Å². The maximum absolute atomic E-state index is 12.3. The highest BCUT2D eigenvalue weighted by atomic mass is 16.6. The monoisotopic (exact) mass is 337 g/mol. The van der Waals surface area contributed by atoms with Gasteiger partial charge in [-0.15, -0.1) is 0 Å². The number of rotatable bonds is 5. The SMILES string of the molecule is CCOC(=O)/C=C/c1[nH]c(C(=O)OC(C)(C)C)c(C)c1C(=O)OC. The van der Waals surface area contributed by atoms with E-state index in [-0.39, 0.29) is 23.6 Å². The topological polar surface area (TPSA) is 94.7 Å². The van der Waals surface area contributed by atoms with Crippen LogP contribution in [0.3, 0.4) is 0 Å².